The van der Waals surface area contributed by atoms with E-state index < -0.39 is 67.9 Å². The van der Waals surface area contributed by atoms with E-state index in [2.05, 4.69) is 0 Å². The Hall–Kier alpha value is -2.35. The normalized spacial score (nSPS) is 15.1. The van der Waals surface area contributed by atoms with E-state index in [1.54, 1.807) is 0 Å². The number of fused-ring (bicyclic) bond motifs is 3. The molecule has 3 rings (SSSR count). The third-order valence-corrected chi connectivity index (χ3v) is 5.65. The maximum atomic E-state index is 14.2. The van der Waals surface area contributed by atoms with Gasteiger partial charge in [-0.3, -0.25) is 4.55 Å². The zero-order valence-corrected chi connectivity index (χ0v) is 15.4. The van der Waals surface area contributed by atoms with E-state index in [-0.39, 0.29) is 17.2 Å². The van der Waals surface area contributed by atoms with Crippen molar-refractivity contribution in [3.63, 3.8) is 0 Å². The predicted molar refractivity (Wildman–Crippen MR) is 84.4 cm³/mol. The van der Waals surface area contributed by atoms with E-state index in [9.17, 15) is 56.9 Å². The van der Waals surface area contributed by atoms with E-state index in [1.807, 2.05) is 0 Å². The van der Waals surface area contributed by atoms with Crippen molar-refractivity contribution in [1.82, 2.24) is 0 Å². The van der Waals surface area contributed by atoms with E-state index in [1.165, 1.54) is 18.2 Å². The molecule has 0 aromatic heterocycles. The van der Waals surface area contributed by atoms with E-state index in [0.717, 1.165) is 6.07 Å². The number of hydrogen-bond donors (Lipinski definition) is 1. The Labute approximate surface area is 167 Å². The molecular weight excluding hydrogens is 474 g/mol. The topological polar surface area (TPSA) is 54.4 Å². The second kappa shape index (κ2) is 6.58. The lowest BCUT2D eigenvalue weighted by Gasteiger charge is -2.30. The smallest absolute Gasteiger partial charge is 0.282 e. The maximum Gasteiger partial charge on any atom is 0.458 e. The van der Waals surface area contributed by atoms with Crippen molar-refractivity contribution < 1.29 is 56.9 Å². The molecule has 2 aromatic rings. The molecule has 31 heavy (non-hydrogen) atoms. The summed E-state index contributed by atoms with van der Waals surface area (Å²) in [7, 11) is -6.13. The summed E-state index contributed by atoms with van der Waals surface area (Å²) < 4.78 is 168. The Bertz CT molecular complexity index is 1160. The molecule has 0 aliphatic heterocycles. The highest BCUT2D eigenvalue weighted by Crippen LogP contribution is 2.56. The van der Waals surface area contributed by atoms with Crippen LogP contribution in [0.15, 0.2) is 35.2 Å². The van der Waals surface area contributed by atoms with Gasteiger partial charge in [0.25, 0.3) is 10.1 Å². The molecule has 0 heterocycles. The molecule has 0 atom stereocenters. The molecule has 0 spiro atoms. The molecule has 0 bridgehead atoms. The lowest BCUT2D eigenvalue weighted by molar-refractivity contribution is -0.302. The fraction of sp³-hybridized carbons (Fsp3) is 0.294. The molecule has 0 amide bonds. The predicted octanol–water partition coefficient (Wildman–Crippen LogP) is 5.81. The summed E-state index contributed by atoms with van der Waals surface area (Å²) in [5, 5.41) is 0. The number of hydrogen-bond acceptors (Lipinski definition) is 2. The molecule has 0 fully saturated rings. The number of alkyl halides is 10. The second-order valence-electron chi connectivity index (χ2n) is 6.61. The molecule has 14 heteroatoms. The van der Waals surface area contributed by atoms with Crippen molar-refractivity contribution in [1.29, 1.82) is 0 Å². The van der Waals surface area contributed by atoms with E-state index in [4.69, 9.17) is 0 Å². The largest absolute Gasteiger partial charge is 0.458 e. The first-order valence-corrected chi connectivity index (χ1v) is 9.41. The van der Waals surface area contributed by atoms with Crippen molar-refractivity contribution >= 4 is 10.1 Å². The standard InChI is InChI=1S/C17H8F10O3S/c18-14(19,16(22,23)24)11-6-9-8-4-2-1-3-7(8)5-10(9)13(31(28,29)30)12(11)15(20,21)17(25,26)27/h1-4,6H,5H2,(H,28,29,30). The van der Waals surface area contributed by atoms with Crippen LogP contribution < -0.4 is 0 Å². The Morgan fingerprint density at radius 2 is 1.29 bits per heavy atom. The van der Waals surface area contributed by atoms with Crippen LogP contribution in [0.1, 0.15) is 22.3 Å². The van der Waals surface area contributed by atoms with Crippen LogP contribution in [0.3, 0.4) is 0 Å². The first-order valence-electron chi connectivity index (χ1n) is 7.97. The zero-order chi connectivity index (χ0) is 23.8. The Morgan fingerprint density at radius 1 is 0.774 bits per heavy atom. The number of rotatable bonds is 3. The molecule has 0 saturated heterocycles. The molecule has 3 nitrogen and oxygen atoms in total. The number of benzene rings is 2. The van der Waals surface area contributed by atoms with Crippen LogP contribution in [0.4, 0.5) is 43.9 Å². The van der Waals surface area contributed by atoms with Gasteiger partial charge >= 0.3 is 24.2 Å². The maximum absolute atomic E-state index is 14.2. The van der Waals surface area contributed by atoms with Crippen LogP contribution in [-0.4, -0.2) is 25.3 Å². The monoisotopic (exact) mass is 482 g/mol. The summed E-state index contributed by atoms with van der Waals surface area (Å²) in [5.74, 6) is -12.8. The summed E-state index contributed by atoms with van der Waals surface area (Å²) in [6.45, 7) is 0. The molecule has 170 valence electrons. The summed E-state index contributed by atoms with van der Waals surface area (Å²) in [6, 6.07) is 4.69. The lowest BCUT2D eigenvalue weighted by Crippen LogP contribution is -2.41. The van der Waals surface area contributed by atoms with Gasteiger partial charge in [-0.1, -0.05) is 24.3 Å². The Morgan fingerprint density at radius 3 is 1.77 bits per heavy atom. The van der Waals surface area contributed by atoms with Gasteiger partial charge < -0.3 is 0 Å². The Kier molecular flexibility index (Phi) is 4.95. The van der Waals surface area contributed by atoms with Gasteiger partial charge in [0.15, 0.2) is 0 Å². The zero-order valence-electron chi connectivity index (χ0n) is 14.5. The van der Waals surface area contributed by atoms with Gasteiger partial charge in [-0.05, 0) is 28.3 Å². The van der Waals surface area contributed by atoms with Gasteiger partial charge in [-0.15, -0.1) is 0 Å². The first kappa shape index (κ1) is 23.3. The minimum absolute atomic E-state index is 0.0520. The van der Waals surface area contributed by atoms with Crippen molar-refractivity contribution in [2.75, 3.05) is 0 Å². The van der Waals surface area contributed by atoms with Crippen molar-refractivity contribution in [3.05, 3.63) is 52.6 Å². The molecule has 1 N–H and O–H groups in total. The average molecular weight is 482 g/mol. The quantitative estimate of drug-likeness (QED) is 0.379. The molecule has 1 aliphatic rings. The SMILES string of the molecule is O=S(=O)(O)c1c2c(cc(C(F)(F)C(F)(F)F)c1C(F)(F)C(F)(F)F)-c1ccccc1C2. The summed E-state index contributed by atoms with van der Waals surface area (Å²) in [4.78, 5) is -2.33. The highest BCUT2D eigenvalue weighted by atomic mass is 32.2. The van der Waals surface area contributed by atoms with Crippen LogP contribution in [0.5, 0.6) is 0 Å². The number of halogens is 10. The molecule has 0 saturated carbocycles. The molecule has 0 unspecified atom stereocenters. The molecular formula is C17H8F10O3S. The van der Waals surface area contributed by atoms with Crippen molar-refractivity contribution in [2.24, 2.45) is 0 Å². The highest BCUT2D eigenvalue weighted by molar-refractivity contribution is 7.86. The third kappa shape index (κ3) is 3.45. The van der Waals surface area contributed by atoms with Gasteiger partial charge in [0.1, 0.15) is 4.90 Å². The minimum atomic E-state index is -6.76. The van der Waals surface area contributed by atoms with Gasteiger partial charge in [0.05, 0.1) is 5.56 Å². The lowest BCUT2D eigenvalue weighted by atomic mass is 9.90. The molecule has 2 aromatic carbocycles. The van der Waals surface area contributed by atoms with Crippen LogP contribution in [0.2, 0.25) is 0 Å². The van der Waals surface area contributed by atoms with Gasteiger partial charge in [-0.25, -0.2) is 0 Å². The van der Waals surface area contributed by atoms with Crippen LogP contribution in [-0.2, 0) is 28.4 Å². The summed E-state index contributed by atoms with van der Waals surface area (Å²) >= 11 is 0. The highest BCUT2D eigenvalue weighted by Gasteiger charge is 2.67. The Balaban J connectivity index is 2.61. The van der Waals surface area contributed by atoms with Crippen LogP contribution in [0.25, 0.3) is 11.1 Å². The second-order valence-corrected chi connectivity index (χ2v) is 7.97. The third-order valence-electron chi connectivity index (χ3n) is 4.68. The van der Waals surface area contributed by atoms with Crippen molar-refractivity contribution in [3.8, 4) is 11.1 Å². The molecule has 0 radical (unpaired) electrons. The van der Waals surface area contributed by atoms with Gasteiger partial charge in [0, 0.05) is 12.0 Å². The summed E-state index contributed by atoms with van der Waals surface area (Å²) in [6.07, 6.45) is -14.1. The van der Waals surface area contributed by atoms with Gasteiger partial charge in [-0.2, -0.15) is 52.3 Å². The summed E-state index contributed by atoms with van der Waals surface area (Å²) in [5.41, 5.74) is -7.91. The van der Waals surface area contributed by atoms with Crippen LogP contribution in [0, 0.1) is 0 Å². The van der Waals surface area contributed by atoms with Crippen LogP contribution >= 0.6 is 0 Å². The fourth-order valence-electron chi connectivity index (χ4n) is 3.38. The van der Waals surface area contributed by atoms with Crippen molar-refractivity contribution in [2.45, 2.75) is 35.5 Å². The van der Waals surface area contributed by atoms with Gasteiger partial charge in [0.2, 0.25) is 0 Å². The first-order chi connectivity index (χ1) is 13.8. The molecule has 1 aliphatic carbocycles. The average Bonchev–Trinajstić information content (AvgIpc) is 2.95. The fourth-order valence-corrected chi connectivity index (χ4v) is 4.37. The van der Waals surface area contributed by atoms with E-state index >= 15 is 0 Å². The minimum Gasteiger partial charge on any atom is -0.282 e. The van der Waals surface area contributed by atoms with E-state index in [0.29, 0.717) is 0 Å².